The summed E-state index contributed by atoms with van der Waals surface area (Å²) in [5, 5.41) is 4.10. The van der Waals surface area contributed by atoms with Gasteiger partial charge in [-0.25, -0.2) is 0 Å². The molecule has 0 saturated heterocycles. The first-order valence-corrected chi connectivity index (χ1v) is 8.35. The molecule has 0 amide bonds. The zero-order valence-electron chi connectivity index (χ0n) is 10.9. The quantitative estimate of drug-likeness (QED) is 0.622. The second-order valence-electron chi connectivity index (χ2n) is 4.23. The van der Waals surface area contributed by atoms with Gasteiger partial charge in [0.1, 0.15) is 11.4 Å². The van der Waals surface area contributed by atoms with Crippen molar-refractivity contribution < 1.29 is 9.26 Å². The number of methoxy groups -OCH3 is 1. The summed E-state index contributed by atoms with van der Waals surface area (Å²) in [5.41, 5.74) is 8.40. The zero-order valence-corrected chi connectivity index (χ0v) is 14.9. The van der Waals surface area contributed by atoms with Gasteiger partial charge in [0.15, 0.2) is 0 Å². The van der Waals surface area contributed by atoms with Crippen LogP contribution in [0.3, 0.4) is 0 Å². The maximum Gasteiger partial charge on any atom is 0.230 e. The monoisotopic (exact) mass is 428 g/mol. The molecule has 7 heteroatoms. The Balaban J connectivity index is 2.11. The van der Waals surface area contributed by atoms with E-state index in [2.05, 4.69) is 37.0 Å². The number of nitrogens with zero attached hydrogens (tertiary/aromatic N) is 1. The number of nitrogens with two attached hydrogens (primary N) is 1. The van der Waals surface area contributed by atoms with E-state index in [1.807, 2.05) is 30.3 Å². The van der Waals surface area contributed by atoms with Crippen molar-refractivity contribution in [3.05, 3.63) is 38.6 Å². The van der Waals surface area contributed by atoms with Crippen LogP contribution in [0.5, 0.6) is 5.75 Å². The molecule has 0 bridgehead atoms. The van der Waals surface area contributed by atoms with Crippen molar-refractivity contribution in [2.24, 2.45) is 0 Å². The molecule has 4 nitrogen and oxygen atoms in total. The normalized spacial score (nSPS) is 10.8. The molecule has 3 aromatic rings. The van der Waals surface area contributed by atoms with Gasteiger partial charge in [0.2, 0.25) is 5.88 Å². The molecule has 0 unspecified atom stereocenters. The summed E-state index contributed by atoms with van der Waals surface area (Å²) < 4.78 is 12.3. The van der Waals surface area contributed by atoms with E-state index in [4.69, 9.17) is 15.0 Å². The topological polar surface area (TPSA) is 61.3 Å². The molecule has 2 aromatic heterocycles. The van der Waals surface area contributed by atoms with Crippen molar-refractivity contribution in [3.63, 3.8) is 0 Å². The van der Waals surface area contributed by atoms with Crippen molar-refractivity contribution in [2.45, 2.75) is 0 Å². The van der Waals surface area contributed by atoms with Gasteiger partial charge in [-0.05, 0) is 55.6 Å². The fourth-order valence-electron chi connectivity index (χ4n) is 1.97. The number of ether oxygens (including phenoxy) is 1. The van der Waals surface area contributed by atoms with Crippen LogP contribution >= 0.6 is 43.2 Å². The third kappa shape index (κ3) is 2.73. The lowest BCUT2D eigenvalue weighted by Crippen LogP contribution is -1.87. The number of benzene rings is 1. The van der Waals surface area contributed by atoms with Gasteiger partial charge in [-0.3, -0.25) is 0 Å². The minimum Gasteiger partial charge on any atom is -0.497 e. The van der Waals surface area contributed by atoms with Crippen LogP contribution in [-0.2, 0) is 0 Å². The third-order valence-electron chi connectivity index (χ3n) is 2.98. The summed E-state index contributed by atoms with van der Waals surface area (Å²) in [5.74, 6) is 1.09. The Kier molecular flexibility index (Phi) is 4.05. The maximum atomic E-state index is 5.95. The van der Waals surface area contributed by atoms with Crippen LogP contribution in [0.1, 0.15) is 0 Å². The largest absolute Gasteiger partial charge is 0.497 e. The molecule has 0 atom stereocenters. The van der Waals surface area contributed by atoms with Crippen molar-refractivity contribution in [3.8, 4) is 27.4 Å². The lowest BCUT2D eigenvalue weighted by Gasteiger charge is -2.03. The van der Waals surface area contributed by atoms with Gasteiger partial charge in [-0.2, -0.15) is 0 Å². The number of anilines is 1. The molecular formula is C14H10Br2N2O2S. The smallest absolute Gasteiger partial charge is 0.230 e. The molecule has 2 N–H and O–H groups in total. The minimum absolute atomic E-state index is 0.302. The van der Waals surface area contributed by atoms with Crippen LogP contribution in [0.15, 0.2) is 43.1 Å². The molecule has 0 spiro atoms. The van der Waals surface area contributed by atoms with Crippen LogP contribution < -0.4 is 10.5 Å². The predicted molar refractivity (Wildman–Crippen MR) is 91.6 cm³/mol. The van der Waals surface area contributed by atoms with E-state index in [9.17, 15) is 0 Å². The molecule has 0 aliphatic carbocycles. The number of thiophene rings is 1. The van der Waals surface area contributed by atoms with Crippen LogP contribution in [-0.4, -0.2) is 12.3 Å². The van der Waals surface area contributed by atoms with Crippen molar-refractivity contribution in [1.82, 2.24) is 5.16 Å². The molecule has 21 heavy (non-hydrogen) atoms. The average Bonchev–Trinajstić information content (AvgIpc) is 3.02. The Morgan fingerprint density at radius 3 is 2.52 bits per heavy atom. The first-order chi connectivity index (χ1) is 10.1. The van der Waals surface area contributed by atoms with Gasteiger partial charge in [0.05, 0.1) is 21.3 Å². The molecule has 0 fully saturated rings. The third-order valence-corrected chi connectivity index (χ3v) is 6.24. The second kappa shape index (κ2) is 5.82. The number of hydrogen-bond acceptors (Lipinski definition) is 5. The predicted octanol–water partition coefficient (Wildman–Crippen LogP) is 5.19. The lowest BCUT2D eigenvalue weighted by molar-refractivity contribution is 0.415. The number of aromatic nitrogens is 1. The van der Waals surface area contributed by atoms with Crippen molar-refractivity contribution in [2.75, 3.05) is 12.8 Å². The van der Waals surface area contributed by atoms with Gasteiger partial charge in [0, 0.05) is 4.47 Å². The molecule has 2 heterocycles. The van der Waals surface area contributed by atoms with E-state index >= 15 is 0 Å². The first-order valence-electron chi connectivity index (χ1n) is 5.95. The minimum atomic E-state index is 0.302. The molecular weight excluding hydrogens is 420 g/mol. The fourth-order valence-corrected chi connectivity index (χ4v) is 3.99. The fraction of sp³-hybridized carbons (Fsp3) is 0.0714. The van der Waals surface area contributed by atoms with Gasteiger partial charge in [0.25, 0.3) is 0 Å². The first kappa shape index (κ1) is 14.6. The highest BCUT2D eigenvalue weighted by molar-refractivity contribution is 9.13. The number of halogens is 2. The van der Waals surface area contributed by atoms with Crippen LogP contribution in [0, 0.1) is 0 Å². The number of nitrogen functional groups attached to an aromatic ring is 1. The Labute approximate surface area is 142 Å². The summed E-state index contributed by atoms with van der Waals surface area (Å²) in [7, 11) is 1.63. The molecule has 0 aliphatic rings. The van der Waals surface area contributed by atoms with Crippen molar-refractivity contribution in [1.29, 1.82) is 0 Å². The second-order valence-corrected chi connectivity index (χ2v) is 7.46. The van der Waals surface area contributed by atoms with Gasteiger partial charge in [-0.1, -0.05) is 17.3 Å². The Bertz CT molecular complexity index is 761. The van der Waals surface area contributed by atoms with E-state index in [1.165, 1.54) is 0 Å². The molecule has 0 radical (unpaired) electrons. The Hall–Kier alpha value is -1.31. The highest BCUT2D eigenvalue weighted by Gasteiger charge is 2.20. The highest BCUT2D eigenvalue weighted by Crippen LogP contribution is 2.43. The average molecular weight is 430 g/mol. The molecule has 108 valence electrons. The van der Waals surface area contributed by atoms with Crippen LogP contribution in [0.2, 0.25) is 0 Å². The zero-order chi connectivity index (χ0) is 15.0. The number of hydrogen-bond donors (Lipinski definition) is 1. The standard InChI is InChI=1S/C14H10Br2N2O2S/c1-19-8-4-2-7(3-5-8)11-12(18-20-14(11)17)10-6-9(15)13(16)21-10/h2-6H,17H2,1H3. The van der Waals surface area contributed by atoms with Crippen molar-refractivity contribution >= 4 is 49.1 Å². The van der Waals surface area contributed by atoms with E-state index in [0.717, 1.165) is 35.7 Å². The van der Waals surface area contributed by atoms with Gasteiger partial charge in [-0.15, -0.1) is 11.3 Å². The Morgan fingerprint density at radius 2 is 1.95 bits per heavy atom. The van der Waals surface area contributed by atoms with Crippen LogP contribution in [0.25, 0.3) is 21.7 Å². The summed E-state index contributed by atoms with van der Waals surface area (Å²) in [4.78, 5) is 0.972. The van der Waals surface area contributed by atoms with E-state index in [-0.39, 0.29) is 0 Å². The number of rotatable bonds is 3. The molecule has 0 aliphatic heterocycles. The van der Waals surface area contributed by atoms with Crippen LogP contribution in [0.4, 0.5) is 5.88 Å². The summed E-state index contributed by atoms with van der Waals surface area (Å²) in [6, 6.07) is 9.61. The van der Waals surface area contributed by atoms with E-state index < -0.39 is 0 Å². The molecule has 0 saturated carbocycles. The SMILES string of the molecule is COc1ccc(-c2c(-c3cc(Br)c(Br)s3)noc2N)cc1. The van der Waals surface area contributed by atoms with E-state index in [1.54, 1.807) is 18.4 Å². The Morgan fingerprint density at radius 1 is 1.24 bits per heavy atom. The highest BCUT2D eigenvalue weighted by atomic mass is 79.9. The molecule has 3 rings (SSSR count). The summed E-state index contributed by atoms with van der Waals surface area (Å²) >= 11 is 8.53. The van der Waals surface area contributed by atoms with Gasteiger partial charge >= 0.3 is 0 Å². The molecule has 1 aromatic carbocycles. The van der Waals surface area contributed by atoms with Gasteiger partial charge < -0.3 is 15.0 Å². The lowest BCUT2D eigenvalue weighted by atomic mass is 10.0. The van der Waals surface area contributed by atoms with E-state index in [0.29, 0.717) is 5.88 Å². The summed E-state index contributed by atoms with van der Waals surface area (Å²) in [6.07, 6.45) is 0. The maximum absolute atomic E-state index is 5.95. The summed E-state index contributed by atoms with van der Waals surface area (Å²) in [6.45, 7) is 0.